The zero-order valence-electron chi connectivity index (χ0n) is 11.5. The molecule has 2 N–H and O–H groups in total. The predicted molar refractivity (Wildman–Crippen MR) is 79.9 cm³/mol. The van der Waals surface area contributed by atoms with E-state index in [4.69, 9.17) is 5.11 Å². The first-order valence-corrected chi connectivity index (χ1v) is 6.92. The van der Waals surface area contributed by atoms with E-state index in [2.05, 4.69) is 5.32 Å². The number of benzene rings is 1. The molecule has 0 aliphatic heterocycles. The fourth-order valence-corrected chi connectivity index (χ4v) is 2.82. The Hall–Kier alpha value is -2.14. The van der Waals surface area contributed by atoms with E-state index in [1.807, 2.05) is 32.9 Å². The van der Waals surface area contributed by atoms with Crippen molar-refractivity contribution in [3.63, 3.8) is 0 Å². The summed E-state index contributed by atoms with van der Waals surface area (Å²) in [5.74, 6) is -1.32. The lowest BCUT2D eigenvalue weighted by molar-refractivity contribution is 0.0698. The molecule has 0 aliphatic carbocycles. The van der Waals surface area contributed by atoms with Gasteiger partial charge in [-0.25, -0.2) is 4.79 Å². The quantitative estimate of drug-likeness (QED) is 0.906. The first-order valence-electron chi connectivity index (χ1n) is 6.11. The summed E-state index contributed by atoms with van der Waals surface area (Å²) in [7, 11) is 0. The third kappa shape index (κ3) is 2.88. The van der Waals surface area contributed by atoms with Gasteiger partial charge in [0.2, 0.25) is 0 Å². The van der Waals surface area contributed by atoms with Gasteiger partial charge in [-0.2, -0.15) is 0 Å². The molecule has 0 saturated carbocycles. The van der Waals surface area contributed by atoms with Gasteiger partial charge in [0.05, 0.1) is 5.56 Å². The highest BCUT2D eigenvalue weighted by molar-refractivity contribution is 7.16. The van der Waals surface area contributed by atoms with Crippen LogP contribution in [0.3, 0.4) is 0 Å². The van der Waals surface area contributed by atoms with Crippen LogP contribution in [0.5, 0.6) is 0 Å². The van der Waals surface area contributed by atoms with Gasteiger partial charge in [0, 0.05) is 10.4 Å². The summed E-state index contributed by atoms with van der Waals surface area (Å²) >= 11 is 1.26. The Morgan fingerprint density at radius 3 is 2.45 bits per heavy atom. The highest BCUT2D eigenvalue weighted by Crippen LogP contribution is 2.28. The molecule has 1 aromatic carbocycles. The summed E-state index contributed by atoms with van der Waals surface area (Å²) in [6.45, 7) is 5.57. The van der Waals surface area contributed by atoms with Gasteiger partial charge in [0.1, 0.15) is 5.00 Å². The number of nitrogens with one attached hydrogen (secondary N) is 1. The standard InChI is InChI=1S/C15H15NO3S/c1-8-4-5-9(2)11(6-8)13(17)16-14-12(15(18)19)7-10(3)20-14/h4-7H,1-3H3,(H,16,17)(H,18,19). The minimum absolute atomic E-state index is 0.131. The number of thiophene rings is 1. The van der Waals surface area contributed by atoms with Crippen molar-refractivity contribution in [2.75, 3.05) is 5.32 Å². The van der Waals surface area contributed by atoms with Gasteiger partial charge in [0.15, 0.2) is 0 Å². The number of carboxylic acid groups (broad SMARTS) is 1. The average Bonchev–Trinajstić information content (AvgIpc) is 2.73. The molecule has 0 atom stereocenters. The highest BCUT2D eigenvalue weighted by atomic mass is 32.1. The van der Waals surface area contributed by atoms with E-state index in [1.54, 1.807) is 12.1 Å². The van der Waals surface area contributed by atoms with Crippen molar-refractivity contribution in [3.05, 3.63) is 51.4 Å². The number of hydrogen-bond acceptors (Lipinski definition) is 3. The van der Waals surface area contributed by atoms with E-state index in [0.717, 1.165) is 16.0 Å². The molecule has 0 aliphatic rings. The van der Waals surface area contributed by atoms with E-state index in [-0.39, 0.29) is 11.5 Å². The van der Waals surface area contributed by atoms with Gasteiger partial charge in [-0.1, -0.05) is 17.7 Å². The Bertz CT molecular complexity index is 688. The largest absolute Gasteiger partial charge is 0.478 e. The van der Waals surface area contributed by atoms with Crippen molar-refractivity contribution in [1.82, 2.24) is 0 Å². The normalized spacial score (nSPS) is 10.3. The van der Waals surface area contributed by atoms with E-state index >= 15 is 0 Å². The zero-order chi connectivity index (χ0) is 14.9. The molecule has 1 aromatic heterocycles. The van der Waals surface area contributed by atoms with Crippen LogP contribution in [0.25, 0.3) is 0 Å². The molecule has 1 heterocycles. The lowest BCUT2D eigenvalue weighted by Crippen LogP contribution is -2.14. The predicted octanol–water partition coefficient (Wildman–Crippen LogP) is 3.62. The van der Waals surface area contributed by atoms with E-state index in [1.165, 1.54) is 11.3 Å². The summed E-state index contributed by atoms with van der Waals surface area (Å²) < 4.78 is 0. The fraction of sp³-hybridized carbons (Fsp3) is 0.200. The van der Waals surface area contributed by atoms with Crippen molar-refractivity contribution in [2.45, 2.75) is 20.8 Å². The second-order valence-electron chi connectivity index (χ2n) is 4.68. The lowest BCUT2D eigenvalue weighted by Gasteiger charge is -2.08. The number of carbonyl (C=O) groups excluding carboxylic acids is 1. The summed E-state index contributed by atoms with van der Waals surface area (Å²) in [6, 6.07) is 7.17. The topological polar surface area (TPSA) is 66.4 Å². The molecule has 0 bridgehead atoms. The SMILES string of the molecule is Cc1ccc(C)c(C(=O)Nc2sc(C)cc2C(=O)O)c1. The molecule has 5 heteroatoms. The van der Waals surface area contributed by atoms with Gasteiger partial charge < -0.3 is 10.4 Å². The summed E-state index contributed by atoms with van der Waals surface area (Å²) in [5, 5.41) is 12.2. The molecule has 0 saturated heterocycles. The van der Waals surface area contributed by atoms with Crippen molar-refractivity contribution in [2.24, 2.45) is 0 Å². The van der Waals surface area contributed by atoms with Crippen LogP contribution in [0.4, 0.5) is 5.00 Å². The molecule has 2 aromatic rings. The molecule has 4 nitrogen and oxygen atoms in total. The van der Waals surface area contributed by atoms with Crippen LogP contribution >= 0.6 is 11.3 Å². The third-order valence-electron chi connectivity index (χ3n) is 2.95. The molecule has 0 spiro atoms. The number of carbonyl (C=O) groups is 2. The summed E-state index contributed by atoms with van der Waals surface area (Å²) in [5.41, 5.74) is 2.54. The first kappa shape index (κ1) is 14.3. The number of anilines is 1. The van der Waals surface area contributed by atoms with Crippen molar-refractivity contribution in [1.29, 1.82) is 0 Å². The molecule has 0 radical (unpaired) electrons. The average molecular weight is 289 g/mol. The Kier molecular flexibility index (Phi) is 3.90. The lowest BCUT2D eigenvalue weighted by atomic mass is 10.1. The minimum Gasteiger partial charge on any atom is -0.478 e. The number of hydrogen-bond donors (Lipinski definition) is 2. The minimum atomic E-state index is -1.04. The van der Waals surface area contributed by atoms with Gasteiger partial charge in [0.25, 0.3) is 5.91 Å². The summed E-state index contributed by atoms with van der Waals surface area (Å²) in [4.78, 5) is 24.2. The summed E-state index contributed by atoms with van der Waals surface area (Å²) in [6.07, 6.45) is 0. The Morgan fingerprint density at radius 2 is 1.80 bits per heavy atom. The molecule has 2 rings (SSSR count). The van der Waals surface area contributed by atoms with Crippen LogP contribution in [0.1, 0.15) is 36.7 Å². The Labute approximate surface area is 121 Å². The maximum atomic E-state index is 12.3. The van der Waals surface area contributed by atoms with Crippen LogP contribution < -0.4 is 5.32 Å². The number of carboxylic acids is 1. The van der Waals surface area contributed by atoms with Crippen molar-refractivity contribution < 1.29 is 14.7 Å². The van der Waals surface area contributed by atoms with E-state index in [9.17, 15) is 9.59 Å². The van der Waals surface area contributed by atoms with Crippen LogP contribution in [0, 0.1) is 20.8 Å². The maximum absolute atomic E-state index is 12.3. The second-order valence-corrected chi connectivity index (χ2v) is 5.93. The third-order valence-corrected chi connectivity index (χ3v) is 3.92. The van der Waals surface area contributed by atoms with Crippen LogP contribution in [-0.4, -0.2) is 17.0 Å². The van der Waals surface area contributed by atoms with E-state index in [0.29, 0.717) is 10.6 Å². The van der Waals surface area contributed by atoms with Crippen molar-refractivity contribution >= 4 is 28.2 Å². The Morgan fingerprint density at radius 1 is 1.10 bits per heavy atom. The molecular formula is C15H15NO3S. The molecule has 20 heavy (non-hydrogen) atoms. The second kappa shape index (κ2) is 5.46. The molecule has 1 amide bonds. The number of rotatable bonds is 3. The Balaban J connectivity index is 2.32. The van der Waals surface area contributed by atoms with Crippen LogP contribution in [-0.2, 0) is 0 Å². The van der Waals surface area contributed by atoms with Gasteiger partial charge in [-0.15, -0.1) is 11.3 Å². The molecule has 0 unspecified atom stereocenters. The fourth-order valence-electron chi connectivity index (χ4n) is 1.92. The van der Waals surface area contributed by atoms with Crippen LogP contribution in [0.15, 0.2) is 24.3 Å². The van der Waals surface area contributed by atoms with Gasteiger partial charge >= 0.3 is 5.97 Å². The highest BCUT2D eigenvalue weighted by Gasteiger charge is 2.17. The first-order chi connectivity index (χ1) is 9.38. The monoisotopic (exact) mass is 289 g/mol. The molecular weight excluding hydrogens is 274 g/mol. The smallest absolute Gasteiger partial charge is 0.338 e. The molecule has 0 fully saturated rings. The number of amides is 1. The van der Waals surface area contributed by atoms with Gasteiger partial charge in [-0.05, 0) is 38.5 Å². The van der Waals surface area contributed by atoms with E-state index < -0.39 is 5.97 Å². The van der Waals surface area contributed by atoms with Crippen LogP contribution in [0.2, 0.25) is 0 Å². The van der Waals surface area contributed by atoms with Gasteiger partial charge in [-0.3, -0.25) is 4.79 Å². The zero-order valence-corrected chi connectivity index (χ0v) is 12.3. The maximum Gasteiger partial charge on any atom is 0.338 e. The number of aromatic carboxylic acids is 1. The molecule has 104 valence electrons. The van der Waals surface area contributed by atoms with Crippen molar-refractivity contribution in [3.8, 4) is 0 Å². The number of aryl methyl sites for hydroxylation is 3.